The number of benzene rings is 1. The van der Waals surface area contributed by atoms with Crippen LogP contribution in [0.15, 0.2) is 30.6 Å². The van der Waals surface area contributed by atoms with Gasteiger partial charge in [0.15, 0.2) is 11.0 Å². The molecule has 1 aromatic heterocycles. The summed E-state index contributed by atoms with van der Waals surface area (Å²) in [6, 6.07) is 6.30. The van der Waals surface area contributed by atoms with Crippen LogP contribution in [0.4, 0.5) is 15.9 Å². The Kier molecular flexibility index (Phi) is 4.80. The van der Waals surface area contributed by atoms with E-state index in [1.165, 1.54) is 18.5 Å². The van der Waals surface area contributed by atoms with Crippen molar-refractivity contribution in [3.05, 3.63) is 47.1 Å². The third kappa shape index (κ3) is 3.41. The average molecular weight is 350 g/mol. The minimum absolute atomic E-state index is 0.0395. The maximum atomic E-state index is 13.3. The maximum absolute atomic E-state index is 13.3. The second kappa shape index (κ2) is 7.00. The summed E-state index contributed by atoms with van der Waals surface area (Å²) in [5, 5.41) is 3.28. The van der Waals surface area contributed by atoms with E-state index < -0.39 is 0 Å². The van der Waals surface area contributed by atoms with Gasteiger partial charge in [-0.3, -0.25) is 4.79 Å². The molecule has 6 nitrogen and oxygen atoms in total. The number of carbonyl (C=O) groups excluding carboxylic acids is 1. The van der Waals surface area contributed by atoms with E-state index >= 15 is 0 Å². The van der Waals surface area contributed by atoms with Gasteiger partial charge in [-0.1, -0.05) is 23.7 Å². The zero-order valence-electron chi connectivity index (χ0n) is 13.2. The number of hydrogen-bond acceptors (Lipinski definition) is 5. The Morgan fingerprint density at radius 1 is 1.33 bits per heavy atom. The van der Waals surface area contributed by atoms with E-state index in [0.717, 1.165) is 5.56 Å². The fourth-order valence-corrected chi connectivity index (χ4v) is 2.95. The number of rotatable bonds is 4. The van der Waals surface area contributed by atoms with Crippen LogP contribution in [0.25, 0.3) is 0 Å². The largest absolute Gasteiger partial charge is 0.383 e. The normalized spacial score (nSPS) is 14.9. The van der Waals surface area contributed by atoms with Gasteiger partial charge in [-0.2, -0.15) is 0 Å². The van der Waals surface area contributed by atoms with E-state index in [2.05, 4.69) is 15.3 Å². The molecule has 24 heavy (non-hydrogen) atoms. The number of hydrogen-bond donors (Lipinski definition) is 1. The van der Waals surface area contributed by atoms with Gasteiger partial charge in [-0.25, -0.2) is 14.4 Å². The van der Waals surface area contributed by atoms with Gasteiger partial charge < -0.3 is 15.1 Å². The van der Waals surface area contributed by atoms with E-state index in [1.54, 1.807) is 18.0 Å². The van der Waals surface area contributed by atoms with Crippen LogP contribution >= 0.6 is 11.6 Å². The molecule has 8 heteroatoms. The Bertz CT molecular complexity index is 757. The highest BCUT2D eigenvalue weighted by Gasteiger charge is 2.27. The lowest BCUT2D eigenvalue weighted by Gasteiger charge is -2.35. The topological polar surface area (TPSA) is 61.4 Å². The molecule has 1 aliphatic rings. The number of anilines is 2. The molecule has 1 N–H and O–H groups in total. The van der Waals surface area contributed by atoms with Crippen molar-refractivity contribution in [3.63, 3.8) is 0 Å². The SMILES string of the molecule is CNc1c(Cl)ncnc1N1CCN(Cc2cccc(F)c2)C(=O)C1. The van der Waals surface area contributed by atoms with Gasteiger partial charge in [0.2, 0.25) is 5.91 Å². The quantitative estimate of drug-likeness (QED) is 0.857. The summed E-state index contributed by atoms with van der Waals surface area (Å²) in [6.07, 6.45) is 1.38. The number of amides is 1. The molecule has 1 fully saturated rings. The van der Waals surface area contributed by atoms with Crippen molar-refractivity contribution in [3.8, 4) is 0 Å². The molecule has 3 rings (SSSR count). The van der Waals surface area contributed by atoms with Crippen LogP contribution < -0.4 is 10.2 Å². The molecule has 126 valence electrons. The van der Waals surface area contributed by atoms with E-state index in [0.29, 0.717) is 36.3 Å². The van der Waals surface area contributed by atoms with Gasteiger partial charge in [0.1, 0.15) is 17.8 Å². The van der Waals surface area contributed by atoms with Gasteiger partial charge in [0.05, 0.1) is 6.54 Å². The lowest BCUT2D eigenvalue weighted by Crippen LogP contribution is -2.50. The highest BCUT2D eigenvalue weighted by Crippen LogP contribution is 2.29. The Hall–Kier alpha value is -2.41. The Balaban J connectivity index is 1.72. The molecular formula is C16H17ClFN5O. The number of carbonyl (C=O) groups is 1. The van der Waals surface area contributed by atoms with Crippen LogP contribution in [-0.4, -0.2) is 47.5 Å². The average Bonchev–Trinajstić information content (AvgIpc) is 2.56. The number of piperazine rings is 1. The lowest BCUT2D eigenvalue weighted by molar-refractivity contribution is -0.131. The second-order valence-corrected chi connectivity index (χ2v) is 5.84. The van der Waals surface area contributed by atoms with E-state index in [1.807, 2.05) is 11.0 Å². The van der Waals surface area contributed by atoms with Gasteiger partial charge >= 0.3 is 0 Å². The zero-order chi connectivity index (χ0) is 17.1. The molecule has 0 radical (unpaired) electrons. The standard InChI is InChI=1S/C16H17ClFN5O/c1-19-14-15(17)20-10-21-16(14)23-6-5-22(13(24)9-23)8-11-3-2-4-12(18)7-11/h2-4,7,10,19H,5-6,8-9H2,1H3. The fourth-order valence-electron chi connectivity index (χ4n) is 2.72. The number of halogens is 2. The summed E-state index contributed by atoms with van der Waals surface area (Å²) in [4.78, 5) is 24.2. The van der Waals surface area contributed by atoms with Crippen LogP contribution in [0.2, 0.25) is 5.15 Å². The molecule has 0 bridgehead atoms. The lowest BCUT2D eigenvalue weighted by atomic mass is 10.2. The predicted molar refractivity (Wildman–Crippen MR) is 90.6 cm³/mol. The third-order valence-corrected chi connectivity index (χ3v) is 4.20. The summed E-state index contributed by atoms with van der Waals surface area (Å²) in [7, 11) is 1.73. The first-order valence-corrected chi connectivity index (χ1v) is 7.91. The van der Waals surface area contributed by atoms with E-state index in [-0.39, 0.29) is 18.3 Å². The molecule has 0 aliphatic carbocycles. The predicted octanol–water partition coefficient (Wildman–Crippen LogP) is 2.16. The highest BCUT2D eigenvalue weighted by molar-refractivity contribution is 6.32. The molecule has 1 aromatic carbocycles. The monoisotopic (exact) mass is 349 g/mol. The summed E-state index contributed by atoms with van der Waals surface area (Å²) in [6.45, 7) is 1.73. The molecule has 1 saturated heterocycles. The van der Waals surface area contributed by atoms with Crippen molar-refractivity contribution in [2.45, 2.75) is 6.54 Å². The highest BCUT2D eigenvalue weighted by atomic mass is 35.5. The molecule has 0 saturated carbocycles. The molecular weight excluding hydrogens is 333 g/mol. The van der Waals surface area contributed by atoms with Crippen molar-refractivity contribution in [1.29, 1.82) is 0 Å². The minimum atomic E-state index is -0.298. The van der Waals surface area contributed by atoms with E-state index in [9.17, 15) is 9.18 Å². The summed E-state index contributed by atoms with van der Waals surface area (Å²) < 4.78 is 13.3. The zero-order valence-corrected chi connectivity index (χ0v) is 13.9. The van der Waals surface area contributed by atoms with Crippen molar-refractivity contribution in [2.24, 2.45) is 0 Å². The molecule has 2 heterocycles. The van der Waals surface area contributed by atoms with Crippen molar-refractivity contribution < 1.29 is 9.18 Å². The maximum Gasteiger partial charge on any atom is 0.242 e. The molecule has 0 unspecified atom stereocenters. The Labute approximate surface area is 144 Å². The van der Waals surface area contributed by atoms with Crippen molar-refractivity contribution >= 4 is 29.0 Å². The first kappa shape index (κ1) is 16.4. The van der Waals surface area contributed by atoms with Crippen LogP contribution in [0.1, 0.15) is 5.56 Å². The van der Waals surface area contributed by atoms with Crippen LogP contribution in [0.3, 0.4) is 0 Å². The van der Waals surface area contributed by atoms with Gasteiger partial charge in [0.25, 0.3) is 0 Å². The minimum Gasteiger partial charge on any atom is -0.383 e. The van der Waals surface area contributed by atoms with E-state index in [4.69, 9.17) is 11.6 Å². The smallest absolute Gasteiger partial charge is 0.242 e. The molecule has 2 aromatic rings. The second-order valence-electron chi connectivity index (χ2n) is 5.48. The summed E-state index contributed by atoms with van der Waals surface area (Å²) >= 11 is 6.06. The van der Waals surface area contributed by atoms with Crippen LogP contribution in [-0.2, 0) is 11.3 Å². The number of aromatic nitrogens is 2. The molecule has 0 spiro atoms. The van der Waals surface area contributed by atoms with Gasteiger partial charge in [0, 0.05) is 26.7 Å². The third-order valence-electron chi connectivity index (χ3n) is 3.91. The van der Waals surface area contributed by atoms with Crippen LogP contribution in [0, 0.1) is 5.82 Å². The van der Waals surface area contributed by atoms with Crippen molar-refractivity contribution in [1.82, 2.24) is 14.9 Å². The fraction of sp³-hybridized carbons (Fsp3) is 0.312. The first-order chi connectivity index (χ1) is 11.6. The first-order valence-electron chi connectivity index (χ1n) is 7.54. The summed E-state index contributed by atoms with van der Waals surface area (Å²) in [5.74, 6) is 0.270. The Morgan fingerprint density at radius 3 is 2.88 bits per heavy atom. The summed E-state index contributed by atoms with van der Waals surface area (Å²) in [5.41, 5.74) is 1.38. The molecule has 1 aliphatic heterocycles. The van der Waals surface area contributed by atoms with Crippen LogP contribution in [0.5, 0.6) is 0 Å². The number of nitrogens with zero attached hydrogens (tertiary/aromatic N) is 4. The molecule has 1 amide bonds. The van der Waals surface area contributed by atoms with Gasteiger partial charge in [-0.05, 0) is 17.7 Å². The van der Waals surface area contributed by atoms with Gasteiger partial charge in [-0.15, -0.1) is 0 Å². The Morgan fingerprint density at radius 2 is 2.17 bits per heavy atom. The molecule has 0 atom stereocenters. The number of nitrogens with one attached hydrogen (secondary N) is 1. The van der Waals surface area contributed by atoms with Crippen molar-refractivity contribution in [2.75, 3.05) is 36.9 Å².